The fraction of sp³-hybridized carbons (Fsp3) is 0.680. The first kappa shape index (κ1) is 21.8. The monoisotopic (exact) mass is 399 g/mol. The van der Waals surface area contributed by atoms with Gasteiger partial charge in [0.15, 0.2) is 0 Å². The van der Waals surface area contributed by atoms with Crippen molar-refractivity contribution in [1.82, 2.24) is 0 Å². The second kappa shape index (κ2) is 10.8. The lowest BCUT2D eigenvalue weighted by atomic mass is 9.68. The molecule has 0 aliphatic heterocycles. The third-order valence-electron chi connectivity index (χ3n) is 7.16. The smallest absolute Gasteiger partial charge is 0.314 e. The average Bonchev–Trinajstić information content (AvgIpc) is 2.75. The van der Waals surface area contributed by atoms with Gasteiger partial charge in [-0.25, -0.2) is 4.39 Å². The van der Waals surface area contributed by atoms with E-state index in [1.54, 1.807) is 6.07 Å². The molecule has 2 aliphatic rings. The van der Waals surface area contributed by atoms with Gasteiger partial charge in [0.1, 0.15) is 17.6 Å². The number of hydrogen-bond acceptors (Lipinski definition) is 3. The Kier molecular flexibility index (Phi) is 8.09. The van der Waals surface area contributed by atoms with E-state index in [0.29, 0.717) is 0 Å². The summed E-state index contributed by atoms with van der Waals surface area (Å²) in [5.41, 5.74) is -0.0367. The molecule has 1 aromatic rings. The molecule has 158 valence electrons. The topological polar surface area (TPSA) is 50.1 Å². The summed E-state index contributed by atoms with van der Waals surface area (Å²) in [6.45, 7) is 2.27. The Morgan fingerprint density at radius 1 is 1.07 bits per heavy atom. The van der Waals surface area contributed by atoms with Gasteiger partial charge in [-0.3, -0.25) is 4.79 Å². The molecule has 3 nitrogen and oxygen atoms in total. The van der Waals surface area contributed by atoms with E-state index in [2.05, 4.69) is 6.92 Å². The number of rotatable bonds is 7. The number of carbonyl (C=O) groups excluding carboxylic acids is 1. The molecule has 29 heavy (non-hydrogen) atoms. The second-order valence-electron chi connectivity index (χ2n) is 9.06. The van der Waals surface area contributed by atoms with Gasteiger partial charge >= 0.3 is 5.97 Å². The van der Waals surface area contributed by atoms with E-state index in [9.17, 15) is 9.18 Å². The largest absolute Gasteiger partial charge is 0.426 e. The van der Waals surface area contributed by atoms with Gasteiger partial charge < -0.3 is 4.74 Å². The van der Waals surface area contributed by atoms with Crippen LogP contribution in [0.4, 0.5) is 4.39 Å². The number of esters is 1. The van der Waals surface area contributed by atoms with E-state index < -0.39 is 5.82 Å². The first-order valence-electron chi connectivity index (χ1n) is 11.5. The van der Waals surface area contributed by atoms with E-state index >= 15 is 0 Å². The minimum Gasteiger partial charge on any atom is -0.426 e. The van der Waals surface area contributed by atoms with Crippen LogP contribution in [0, 0.1) is 40.8 Å². The normalized spacial score (nSPS) is 27.2. The zero-order valence-electron chi connectivity index (χ0n) is 17.7. The Hall–Kier alpha value is -1.89. The Morgan fingerprint density at radius 2 is 1.72 bits per heavy atom. The van der Waals surface area contributed by atoms with E-state index in [4.69, 9.17) is 10.00 Å². The van der Waals surface area contributed by atoms with Crippen LogP contribution in [0.25, 0.3) is 0 Å². The number of nitriles is 1. The van der Waals surface area contributed by atoms with Gasteiger partial charge in [0, 0.05) is 6.07 Å². The zero-order valence-corrected chi connectivity index (χ0v) is 17.7. The maximum absolute atomic E-state index is 13.7. The molecule has 4 heteroatoms. The van der Waals surface area contributed by atoms with Crippen molar-refractivity contribution >= 4 is 5.97 Å². The highest BCUT2D eigenvalue weighted by molar-refractivity contribution is 5.75. The van der Waals surface area contributed by atoms with Crippen LogP contribution in [0.15, 0.2) is 18.2 Å². The van der Waals surface area contributed by atoms with Gasteiger partial charge in [0.25, 0.3) is 0 Å². The Balaban J connectivity index is 1.41. The third-order valence-corrected chi connectivity index (χ3v) is 7.16. The van der Waals surface area contributed by atoms with E-state index in [1.807, 2.05) is 0 Å². The van der Waals surface area contributed by atoms with Crippen molar-refractivity contribution in [2.24, 2.45) is 23.7 Å². The quantitative estimate of drug-likeness (QED) is 0.288. The summed E-state index contributed by atoms with van der Waals surface area (Å²) < 4.78 is 19.1. The van der Waals surface area contributed by atoms with Gasteiger partial charge in [0.2, 0.25) is 0 Å². The number of ether oxygens (including phenoxy) is 1. The standard InChI is InChI=1S/C25H34FNO2/c1-2-3-4-5-18-6-8-19(9-7-18)20-10-12-21(13-11-20)25(28)29-23-15-14-22(17-27)24(26)16-23/h14-16,18-21H,2-13H2,1H3. The molecule has 0 bridgehead atoms. The Labute approximate surface area is 174 Å². The molecule has 0 radical (unpaired) electrons. The van der Waals surface area contributed by atoms with Crippen molar-refractivity contribution < 1.29 is 13.9 Å². The maximum atomic E-state index is 13.7. The van der Waals surface area contributed by atoms with E-state index in [1.165, 1.54) is 63.5 Å². The van der Waals surface area contributed by atoms with Crippen molar-refractivity contribution in [3.05, 3.63) is 29.6 Å². The lowest BCUT2D eigenvalue weighted by Gasteiger charge is -2.37. The molecule has 0 aromatic heterocycles. The predicted molar refractivity (Wildman–Crippen MR) is 112 cm³/mol. The molecule has 0 N–H and O–H groups in total. The molecule has 0 heterocycles. The summed E-state index contributed by atoms with van der Waals surface area (Å²) in [6.07, 6.45) is 14.9. The zero-order chi connectivity index (χ0) is 20.6. The summed E-state index contributed by atoms with van der Waals surface area (Å²) in [5, 5.41) is 8.79. The van der Waals surface area contributed by atoms with Gasteiger partial charge in [-0.15, -0.1) is 0 Å². The molecule has 0 saturated heterocycles. The van der Waals surface area contributed by atoms with Gasteiger partial charge in [-0.2, -0.15) is 5.26 Å². The SMILES string of the molecule is CCCCCC1CCC(C2CCC(C(=O)Oc3ccc(C#N)c(F)c3)CC2)CC1. The lowest BCUT2D eigenvalue weighted by Crippen LogP contribution is -2.30. The molecule has 0 atom stereocenters. The molecule has 0 spiro atoms. The van der Waals surface area contributed by atoms with Gasteiger partial charge in [-0.1, -0.05) is 45.4 Å². The van der Waals surface area contributed by atoms with Crippen LogP contribution in [0.2, 0.25) is 0 Å². The number of nitrogens with zero attached hydrogens (tertiary/aromatic N) is 1. The highest BCUT2D eigenvalue weighted by Crippen LogP contribution is 2.42. The molecule has 0 amide bonds. The van der Waals surface area contributed by atoms with Crippen molar-refractivity contribution in [2.75, 3.05) is 0 Å². The molecule has 0 unspecified atom stereocenters. The molecule has 1 aromatic carbocycles. The molecule has 3 rings (SSSR count). The highest BCUT2D eigenvalue weighted by Gasteiger charge is 2.33. The van der Waals surface area contributed by atoms with Crippen LogP contribution in [-0.4, -0.2) is 5.97 Å². The molecular formula is C25H34FNO2. The second-order valence-corrected chi connectivity index (χ2v) is 9.06. The summed E-state index contributed by atoms with van der Waals surface area (Å²) in [6, 6.07) is 5.75. The summed E-state index contributed by atoms with van der Waals surface area (Å²) >= 11 is 0. The van der Waals surface area contributed by atoms with Crippen LogP contribution in [0.5, 0.6) is 5.75 Å². The summed E-state index contributed by atoms with van der Waals surface area (Å²) in [7, 11) is 0. The number of unbranched alkanes of at least 4 members (excludes halogenated alkanes) is 2. The number of hydrogen-bond donors (Lipinski definition) is 0. The molecule has 2 saturated carbocycles. The minimum atomic E-state index is -0.646. The number of carbonyl (C=O) groups is 1. The van der Waals surface area contributed by atoms with Gasteiger partial charge in [0.05, 0.1) is 11.5 Å². The van der Waals surface area contributed by atoms with Crippen molar-refractivity contribution in [1.29, 1.82) is 5.26 Å². The van der Waals surface area contributed by atoms with Crippen LogP contribution in [0.3, 0.4) is 0 Å². The maximum Gasteiger partial charge on any atom is 0.314 e. The van der Waals surface area contributed by atoms with E-state index in [-0.39, 0.29) is 23.2 Å². The van der Waals surface area contributed by atoms with Crippen LogP contribution in [-0.2, 0) is 4.79 Å². The van der Waals surface area contributed by atoms with Crippen LogP contribution < -0.4 is 4.74 Å². The summed E-state index contributed by atoms with van der Waals surface area (Å²) in [4.78, 5) is 12.5. The number of halogens is 1. The fourth-order valence-corrected chi connectivity index (χ4v) is 5.31. The van der Waals surface area contributed by atoms with Crippen molar-refractivity contribution in [3.63, 3.8) is 0 Å². The van der Waals surface area contributed by atoms with Crippen molar-refractivity contribution in [3.8, 4) is 11.8 Å². The number of benzene rings is 1. The first-order chi connectivity index (χ1) is 14.1. The van der Waals surface area contributed by atoms with Gasteiger partial charge in [-0.05, 0) is 68.4 Å². The first-order valence-corrected chi connectivity index (χ1v) is 11.5. The van der Waals surface area contributed by atoms with Crippen molar-refractivity contribution in [2.45, 2.75) is 84.0 Å². The average molecular weight is 400 g/mol. The van der Waals surface area contributed by atoms with Crippen LogP contribution >= 0.6 is 0 Å². The Bertz CT molecular complexity index is 710. The van der Waals surface area contributed by atoms with E-state index in [0.717, 1.165) is 49.5 Å². The predicted octanol–water partition coefficient (Wildman–Crippen LogP) is 6.80. The third kappa shape index (κ3) is 6.04. The van der Waals surface area contributed by atoms with Crippen LogP contribution in [0.1, 0.15) is 89.5 Å². The molecular weight excluding hydrogens is 365 g/mol. The summed E-state index contributed by atoms with van der Waals surface area (Å²) in [5.74, 6) is 1.73. The lowest BCUT2D eigenvalue weighted by molar-refractivity contribution is -0.140. The minimum absolute atomic E-state index is 0.0367. The molecule has 2 fully saturated rings. The molecule has 2 aliphatic carbocycles. The Morgan fingerprint density at radius 3 is 2.31 bits per heavy atom. The highest BCUT2D eigenvalue weighted by atomic mass is 19.1. The fourth-order valence-electron chi connectivity index (χ4n) is 5.31.